The lowest BCUT2D eigenvalue weighted by molar-refractivity contribution is -0.121. The third-order valence-electron chi connectivity index (χ3n) is 4.74. The van der Waals surface area contributed by atoms with Gasteiger partial charge in [0, 0.05) is 33.2 Å². The van der Waals surface area contributed by atoms with Crippen molar-refractivity contribution in [2.75, 3.05) is 39.8 Å². The minimum atomic E-state index is -0.110. The van der Waals surface area contributed by atoms with Crippen molar-refractivity contribution >= 4 is 23.4 Å². The zero-order chi connectivity index (χ0) is 19.4. The molecule has 8 heteroatoms. The summed E-state index contributed by atoms with van der Waals surface area (Å²) in [5.74, 6) is -0.126. The number of carbonyl (C=O) groups is 2. The van der Waals surface area contributed by atoms with E-state index in [1.54, 1.807) is 23.6 Å². The number of aryl methyl sites for hydroxylation is 1. The summed E-state index contributed by atoms with van der Waals surface area (Å²) in [4.78, 5) is 28.6. The number of amides is 2. The summed E-state index contributed by atoms with van der Waals surface area (Å²) in [6, 6.07) is 9.52. The Morgan fingerprint density at radius 2 is 1.89 bits per heavy atom. The molecule has 0 saturated carbocycles. The number of rotatable bonds is 4. The maximum atomic E-state index is 13.1. The van der Waals surface area contributed by atoms with E-state index in [2.05, 4.69) is 15.3 Å². The van der Waals surface area contributed by atoms with Crippen molar-refractivity contribution in [3.05, 3.63) is 46.7 Å². The van der Waals surface area contributed by atoms with Gasteiger partial charge in [-0.1, -0.05) is 29.8 Å². The van der Waals surface area contributed by atoms with Crippen LogP contribution in [0.15, 0.2) is 30.3 Å². The Morgan fingerprint density at radius 3 is 2.59 bits per heavy atom. The fraction of sp³-hybridized carbons (Fsp3) is 0.421. The van der Waals surface area contributed by atoms with E-state index < -0.39 is 0 Å². The van der Waals surface area contributed by atoms with Crippen LogP contribution in [0, 0.1) is 6.92 Å². The molecule has 1 saturated heterocycles. The van der Waals surface area contributed by atoms with Crippen LogP contribution in [-0.4, -0.2) is 71.2 Å². The van der Waals surface area contributed by atoms with Crippen LogP contribution in [-0.2, 0) is 4.79 Å². The predicted octanol–water partition coefficient (Wildman–Crippen LogP) is 1.73. The van der Waals surface area contributed by atoms with Gasteiger partial charge < -0.3 is 10.2 Å². The number of para-hydroxylation sites is 1. The van der Waals surface area contributed by atoms with Crippen molar-refractivity contribution < 1.29 is 9.59 Å². The van der Waals surface area contributed by atoms with E-state index in [1.807, 2.05) is 30.3 Å². The molecule has 0 aliphatic carbocycles. The molecule has 3 rings (SSSR count). The zero-order valence-electron chi connectivity index (χ0n) is 15.6. The van der Waals surface area contributed by atoms with Crippen LogP contribution in [0.5, 0.6) is 0 Å². The number of hydrogen-bond acceptors (Lipinski definition) is 4. The first-order chi connectivity index (χ1) is 13.0. The highest BCUT2D eigenvalue weighted by Gasteiger charge is 2.27. The van der Waals surface area contributed by atoms with Gasteiger partial charge in [-0.05, 0) is 25.5 Å². The number of aromatic nitrogens is 2. The van der Waals surface area contributed by atoms with E-state index in [9.17, 15) is 9.59 Å². The molecule has 0 unspecified atom stereocenters. The molecule has 2 aromatic rings. The van der Waals surface area contributed by atoms with Gasteiger partial charge in [0.2, 0.25) is 5.91 Å². The Labute approximate surface area is 163 Å². The largest absolute Gasteiger partial charge is 0.358 e. The summed E-state index contributed by atoms with van der Waals surface area (Å²) < 4.78 is 1.60. The SMILES string of the molecule is CNC(=O)CN1CCCN(C(=O)c2c(C)nn(-c3ccccc3)c2Cl)CC1. The van der Waals surface area contributed by atoms with Crippen molar-refractivity contribution in [1.82, 2.24) is 24.9 Å². The Balaban J connectivity index is 1.76. The van der Waals surface area contributed by atoms with Crippen molar-refractivity contribution in [1.29, 1.82) is 0 Å². The number of nitrogens with one attached hydrogen (secondary N) is 1. The van der Waals surface area contributed by atoms with Crippen LogP contribution < -0.4 is 5.32 Å². The highest BCUT2D eigenvalue weighted by molar-refractivity contribution is 6.33. The number of likely N-dealkylation sites (N-methyl/N-ethyl adjacent to an activating group) is 1. The maximum absolute atomic E-state index is 13.1. The summed E-state index contributed by atoms with van der Waals surface area (Å²) in [6.07, 6.45) is 0.812. The summed E-state index contributed by atoms with van der Waals surface area (Å²) >= 11 is 6.52. The number of halogens is 1. The number of nitrogens with zero attached hydrogens (tertiary/aromatic N) is 4. The van der Waals surface area contributed by atoms with E-state index in [1.165, 1.54) is 0 Å². The van der Waals surface area contributed by atoms with Gasteiger partial charge in [-0.3, -0.25) is 14.5 Å². The van der Waals surface area contributed by atoms with E-state index in [-0.39, 0.29) is 11.8 Å². The molecule has 1 N–H and O–H groups in total. The van der Waals surface area contributed by atoms with E-state index in [0.29, 0.717) is 42.6 Å². The van der Waals surface area contributed by atoms with Crippen LogP contribution >= 0.6 is 11.6 Å². The van der Waals surface area contributed by atoms with Crippen LogP contribution in [0.4, 0.5) is 0 Å². The van der Waals surface area contributed by atoms with Crippen LogP contribution in [0.25, 0.3) is 5.69 Å². The van der Waals surface area contributed by atoms with Gasteiger partial charge in [-0.25, -0.2) is 4.68 Å². The average molecular weight is 390 g/mol. The maximum Gasteiger partial charge on any atom is 0.258 e. The smallest absolute Gasteiger partial charge is 0.258 e. The van der Waals surface area contributed by atoms with E-state index in [0.717, 1.165) is 18.7 Å². The molecule has 1 aromatic heterocycles. The quantitative estimate of drug-likeness (QED) is 0.864. The molecule has 1 aliphatic rings. The normalized spacial score (nSPS) is 15.4. The number of carbonyl (C=O) groups excluding carboxylic acids is 2. The molecule has 2 heterocycles. The first-order valence-corrected chi connectivity index (χ1v) is 9.41. The second kappa shape index (κ2) is 8.54. The van der Waals surface area contributed by atoms with Crippen LogP contribution in [0.3, 0.4) is 0 Å². The summed E-state index contributed by atoms with van der Waals surface area (Å²) in [5, 5.41) is 7.42. The van der Waals surface area contributed by atoms with Crippen LogP contribution in [0.2, 0.25) is 5.15 Å². The first-order valence-electron chi connectivity index (χ1n) is 9.04. The Bertz CT molecular complexity index is 821. The van der Waals surface area contributed by atoms with Gasteiger partial charge in [0.1, 0.15) is 5.15 Å². The minimum absolute atomic E-state index is 0.0159. The van der Waals surface area contributed by atoms with Gasteiger partial charge >= 0.3 is 0 Å². The molecule has 0 bridgehead atoms. The predicted molar refractivity (Wildman–Crippen MR) is 104 cm³/mol. The molecule has 0 radical (unpaired) electrons. The Kier molecular flexibility index (Phi) is 6.13. The Morgan fingerprint density at radius 1 is 1.15 bits per heavy atom. The molecule has 1 aromatic carbocycles. The van der Waals surface area contributed by atoms with Crippen molar-refractivity contribution in [3.8, 4) is 5.69 Å². The lowest BCUT2D eigenvalue weighted by Crippen LogP contribution is -2.39. The third-order valence-corrected chi connectivity index (χ3v) is 5.09. The molecule has 0 spiro atoms. The molecule has 27 heavy (non-hydrogen) atoms. The molecule has 1 aliphatic heterocycles. The number of hydrogen-bond donors (Lipinski definition) is 1. The number of benzene rings is 1. The third kappa shape index (κ3) is 4.31. The van der Waals surface area contributed by atoms with Gasteiger partial charge in [0.05, 0.1) is 23.5 Å². The zero-order valence-corrected chi connectivity index (χ0v) is 16.4. The van der Waals surface area contributed by atoms with Gasteiger partial charge in [0.25, 0.3) is 5.91 Å². The molecule has 2 amide bonds. The van der Waals surface area contributed by atoms with Gasteiger partial charge in [-0.15, -0.1) is 0 Å². The first kappa shape index (κ1) is 19.4. The standard InChI is InChI=1S/C19H24ClN5O2/c1-14-17(18(20)25(22-14)15-7-4-3-5-8-15)19(27)24-10-6-9-23(11-12-24)13-16(26)21-2/h3-5,7-8H,6,9-13H2,1-2H3,(H,21,26). The lowest BCUT2D eigenvalue weighted by atomic mass is 10.2. The molecule has 7 nitrogen and oxygen atoms in total. The monoisotopic (exact) mass is 389 g/mol. The fourth-order valence-electron chi connectivity index (χ4n) is 3.25. The van der Waals surface area contributed by atoms with Crippen molar-refractivity contribution in [2.24, 2.45) is 0 Å². The van der Waals surface area contributed by atoms with Gasteiger partial charge in [0.15, 0.2) is 0 Å². The molecule has 1 fully saturated rings. The molecule has 0 atom stereocenters. The van der Waals surface area contributed by atoms with E-state index >= 15 is 0 Å². The summed E-state index contributed by atoms with van der Waals surface area (Å²) in [5.41, 5.74) is 1.87. The minimum Gasteiger partial charge on any atom is -0.358 e. The summed E-state index contributed by atoms with van der Waals surface area (Å²) in [6.45, 7) is 4.78. The van der Waals surface area contributed by atoms with Crippen molar-refractivity contribution in [3.63, 3.8) is 0 Å². The van der Waals surface area contributed by atoms with Gasteiger partial charge in [-0.2, -0.15) is 5.10 Å². The molecule has 144 valence electrons. The highest BCUT2D eigenvalue weighted by Crippen LogP contribution is 2.25. The van der Waals surface area contributed by atoms with Crippen molar-refractivity contribution in [2.45, 2.75) is 13.3 Å². The lowest BCUT2D eigenvalue weighted by Gasteiger charge is -2.21. The second-order valence-electron chi connectivity index (χ2n) is 6.59. The van der Waals surface area contributed by atoms with Crippen LogP contribution in [0.1, 0.15) is 22.5 Å². The summed E-state index contributed by atoms with van der Waals surface area (Å²) in [7, 11) is 1.63. The average Bonchev–Trinajstić information content (AvgIpc) is 2.84. The topological polar surface area (TPSA) is 70.5 Å². The second-order valence-corrected chi connectivity index (χ2v) is 6.95. The van der Waals surface area contributed by atoms with E-state index in [4.69, 9.17) is 11.6 Å². The molecular formula is C19H24ClN5O2. The molecular weight excluding hydrogens is 366 g/mol. The highest BCUT2D eigenvalue weighted by atomic mass is 35.5. The fourth-order valence-corrected chi connectivity index (χ4v) is 3.61. The Hall–Kier alpha value is -2.38.